The molecule has 0 amide bonds. The maximum atomic E-state index is 11.7. The molecule has 0 aromatic rings. The number of rotatable bonds is 3. The summed E-state index contributed by atoms with van der Waals surface area (Å²) in [5, 5.41) is 11.7. The fourth-order valence-corrected chi connectivity index (χ4v) is 8.63. The van der Waals surface area contributed by atoms with Gasteiger partial charge >= 0.3 is 11.9 Å². The smallest absolute Gasteiger partial charge is 0.302 e. The second-order valence-corrected chi connectivity index (χ2v) is 11.3. The van der Waals surface area contributed by atoms with Gasteiger partial charge in [-0.3, -0.25) is 9.59 Å². The summed E-state index contributed by atoms with van der Waals surface area (Å²) in [6.07, 6.45) is 9.02. The standard InChI is InChI=1S/C25H40O5/c1-15(29-16(2)26)25(28)13-10-22-20-7-6-18-14-19(30-17(3)27)8-11-23(18,4)21(20)9-12-24(22,25)5/h15,18-22,28H,6-14H2,1-5H3/t15?,18?,19-,20?,21?,22?,23?,24?,25?/m1/s1. The van der Waals surface area contributed by atoms with E-state index >= 15 is 0 Å². The Bertz CT molecular complexity index is 706. The van der Waals surface area contributed by atoms with Gasteiger partial charge in [-0.1, -0.05) is 13.8 Å². The van der Waals surface area contributed by atoms with Crippen LogP contribution in [0.1, 0.15) is 92.4 Å². The van der Waals surface area contributed by atoms with E-state index in [0.717, 1.165) is 44.9 Å². The first-order chi connectivity index (χ1) is 14.0. The molecule has 9 atom stereocenters. The third-order valence-corrected chi connectivity index (χ3v) is 10.2. The van der Waals surface area contributed by atoms with Crippen LogP contribution in [0.5, 0.6) is 0 Å². The zero-order valence-corrected chi connectivity index (χ0v) is 19.4. The Morgan fingerprint density at radius 2 is 1.63 bits per heavy atom. The summed E-state index contributed by atoms with van der Waals surface area (Å²) in [6, 6.07) is 0. The molecule has 4 aliphatic rings. The molecule has 0 aliphatic heterocycles. The minimum atomic E-state index is -0.932. The maximum absolute atomic E-state index is 11.7. The topological polar surface area (TPSA) is 72.8 Å². The molecule has 0 aromatic heterocycles. The number of hydrogen-bond donors (Lipinski definition) is 1. The van der Waals surface area contributed by atoms with E-state index in [1.54, 1.807) is 0 Å². The van der Waals surface area contributed by atoms with Crippen LogP contribution < -0.4 is 0 Å². The minimum absolute atomic E-state index is 0.0899. The molecule has 0 spiro atoms. The van der Waals surface area contributed by atoms with Crippen LogP contribution in [0.4, 0.5) is 0 Å². The summed E-state index contributed by atoms with van der Waals surface area (Å²) in [6.45, 7) is 9.57. The molecular formula is C25H40O5. The van der Waals surface area contributed by atoms with Crippen molar-refractivity contribution in [3.05, 3.63) is 0 Å². The zero-order valence-electron chi connectivity index (χ0n) is 19.4. The maximum Gasteiger partial charge on any atom is 0.302 e. The summed E-state index contributed by atoms with van der Waals surface area (Å²) in [4.78, 5) is 23.0. The van der Waals surface area contributed by atoms with Gasteiger partial charge in [-0.25, -0.2) is 0 Å². The van der Waals surface area contributed by atoms with Crippen molar-refractivity contribution in [2.45, 2.75) is 110 Å². The van der Waals surface area contributed by atoms with Gasteiger partial charge in [0.1, 0.15) is 17.8 Å². The average Bonchev–Trinajstić information content (AvgIpc) is 2.93. The zero-order chi connectivity index (χ0) is 21.9. The molecule has 4 aliphatic carbocycles. The minimum Gasteiger partial charge on any atom is -0.463 e. The number of carbonyl (C=O) groups is 2. The normalized spacial score (nSPS) is 48.7. The van der Waals surface area contributed by atoms with Gasteiger partial charge in [-0.15, -0.1) is 0 Å². The first kappa shape index (κ1) is 22.1. The lowest BCUT2D eigenvalue weighted by molar-refractivity contribution is -0.201. The highest BCUT2D eigenvalue weighted by Crippen LogP contribution is 2.68. The average molecular weight is 421 g/mol. The summed E-state index contributed by atoms with van der Waals surface area (Å²) in [5.74, 6) is 1.96. The van der Waals surface area contributed by atoms with Gasteiger partial charge < -0.3 is 14.6 Å². The SMILES string of the molecule is CC(=O)OC(C)C1(O)CCC2C3CCC4C[C@H](OC(C)=O)CCC4(C)C3CCC21C. The van der Waals surface area contributed by atoms with Crippen molar-refractivity contribution in [3.63, 3.8) is 0 Å². The molecule has 5 nitrogen and oxygen atoms in total. The molecule has 170 valence electrons. The molecule has 4 fully saturated rings. The number of fused-ring (bicyclic) bond motifs is 5. The lowest BCUT2D eigenvalue weighted by Crippen LogP contribution is -2.60. The first-order valence-corrected chi connectivity index (χ1v) is 12.1. The lowest BCUT2D eigenvalue weighted by atomic mass is 9.44. The number of aliphatic hydroxyl groups is 1. The van der Waals surface area contributed by atoms with Crippen molar-refractivity contribution >= 4 is 11.9 Å². The first-order valence-electron chi connectivity index (χ1n) is 12.1. The van der Waals surface area contributed by atoms with Crippen molar-refractivity contribution in [1.29, 1.82) is 0 Å². The number of esters is 2. The van der Waals surface area contributed by atoms with E-state index < -0.39 is 11.7 Å². The van der Waals surface area contributed by atoms with Crippen molar-refractivity contribution in [2.24, 2.45) is 34.5 Å². The van der Waals surface area contributed by atoms with Crippen LogP contribution in [0, 0.1) is 34.5 Å². The van der Waals surface area contributed by atoms with E-state index in [1.807, 2.05) is 6.92 Å². The van der Waals surface area contributed by atoms with E-state index in [0.29, 0.717) is 29.1 Å². The number of hydrogen-bond acceptors (Lipinski definition) is 5. The third-order valence-electron chi connectivity index (χ3n) is 10.2. The van der Waals surface area contributed by atoms with Crippen LogP contribution in [0.2, 0.25) is 0 Å². The van der Waals surface area contributed by atoms with Crippen LogP contribution in [0.15, 0.2) is 0 Å². The van der Waals surface area contributed by atoms with Gasteiger partial charge in [0.25, 0.3) is 0 Å². The molecule has 0 aromatic carbocycles. The van der Waals surface area contributed by atoms with Crippen LogP contribution in [0.3, 0.4) is 0 Å². The van der Waals surface area contributed by atoms with E-state index in [1.165, 1.54) is 26.7 Å². The Balaban J connectivity index is 1.54. The van der Waals surface area contributed by atoms with Crippen LogP contribution in [0.25, 0.3) is 0 Å². The van der Waals surface area contributed by atoms with Gasteiger partial charge in [-0.05, 0) is 93.8 Å². The Hall–Kier alpha value is -1.10. The number of ether oxygens (including phenoxy) is 2. The van der Waals surface area contributed by atoms with Gasteiger partial charge in [0, 0.05) is 19.3 Å². The molecular weight excluding hydrogens is 380 g/mol. The van der Waals surface area contributed by atoms with Gasteiger partial charge in [0.15, 0.2) is 0 Å². The van der Waals surface area contributed by atoms with Crippen LogP contribution >= 0.6 is 0 Å². The highest BCUT2D eigenvalue weighted by molar-refractivity contribution is 5.66. The second-order valence-electron chi connectivity index (χ2n) is 11.3. The summed E-state index contributed by atoms with van der Waals surface area (Å²) in [7, 11) is 0. The van der Waals surface area contributed by atoms with Gasteiger partial charge in [0.2, 0.25) is 0 Å². The second kappa shape index (κ2) is 7.50. The molecule has 4 rings (SSSR count). The van der Waals surface area contributed by atoms with E-state index in [-0.39, 0.29) is 23.5 Å². The summed E-state index contributed by atoms with van der Waals surface area (Å²) >= 11 is 0. The highest BCUT2D eigenvalue weighted by Gasteiger charge is 2.66. The summed E-state index contributed by atoms with van der Waals surface area (Å²) in [5.41, 5.74) is -0.816. The molecule has 4 saturated carbocycles. The van der Waals surface area contributed by atoms with E-state index in [4.69, 9.17) is 9.47 Å². The van der Waals surface area contributed by atoms with Crippen molar-refractivity contribution < 1.29 is 24.2 Å². The van der Waals surface area contributed by atoms with Gasteiger partial charge in [0.05, 0.1) is 0 Å². The fourth-order valence-electron chi connectivity index (χ4n) is 8.63. The molecule has 0 saturated heterocycles. The molecule has 0 bridgehead atoms. The third kappa shape index (κ3) is 3.22. The van der Waals surface area contributed by atoms with E-state index in [9.17, 15) is 14.7 Å². The number of carbonyl (C=O) groups excluding carboxylic acids is 2. The van der Waals surface area contributed by atoms with Crippen LogP contribution in [-0.4, -0.2) is 34.9 Å². The largest absolute Gasteiger partial charge is 0.463 e. The quantitative estimate of drug-likeness (QED) is 0.673. The predicted octanol–water partition coefficient (Wildman–Crippen LogP) is 4.64. The lowest BCUT2D eigenvalue weighted by Gasteiger charge is -2.62. The summed E-state index contributed by atoms with van der Waals surface area (Å²) < 4.78 is 11.1. The predicted molar refractivity (Wildman–Crippen MR) is 113 cm³/mol. The Kier molecular flexibility index (Phi) is 5.52. The molecule has 0 radical (unpaired) electrons. The fraction of sp³-hybridized carbons (Fsp3) is 0.920. The highest BCUT2D eigenvalue weighted by atomic mass is 16.6. The van der Waals surface area contributed by atoms with Crippen molar-refractivity contribution in [2.75, 3.05) is 0 Å². The molecule has 5 heteroatoms. The Morgan fingerprint density at radius 1 is 0.933 bits per heavy atom. The molecule has 30 heavy (non-hydrogen) atoms. The Labute approximate surface area is 181 Å². The van der Waals surface area contributed by atoms with Gasteiger partial charge in [-0.2, -0.15) is 0 Å². The monoisotopic (exact) mass is 420 g/mol. The van der Waals surface area contributed by atoms with Crippen molar-refractivity contribution in [1.82, 2.24) is 0 Å². The molecule has 0 heterocycles. The molecule has 8 unspecified atom stereocenters. The van der Waals surface area contributed by atoms with E-state index in [2.05, 4.69) is 13.8 Å². The van der Waals surface area contributed by atoms with Crippen molar-refractivity contribution in [3.8, 4) is 0 Å². The molecule has 1 N–H and O–H groups in total. The van der Waals surface area contributed by atoms with Crippen LogP contribution in [-0.2, 0) is 19.1 Å². The Morgan fingerprint density at radius 3 is 2.30 bits per heavy atom.